The summed E-state index contributed by atoms with van der Waals surface area (Å²) in [5.74, 6) is -1.53. The number of imide groups is 1. The van der Waals surface area contributed by atoms with E-state index in [-0.39, 0.29) is 16.4 Å². The molecule has 2 aliphatic heterocycles. The molecule has 0 saturated heterocycles. The summed E-state index contributed by atoms with van der Waals surface area (Å²) in [5.41, 5.74) is 2.52. The van der Waals surface area contributed by atoms with Crippen LogP contribution in [0.15, 0.2) is 48.8 Å². The van der Waals surface area contributed by atoms with Gasteiger partial charge in [0.15, 0.2) is 0 Å². The molecule has 2 aromatic carbocycles. The third kappa shape index (κ3) is 4.41. The van der Waals surface area contributed by atoms with Crippen LogP contribution in [0.5, 0.6) is 0 Å². The maximum absolute atomic E-state index is 15.8. The molecule has 208 valence electrons. The first-order chi connectivity index (χ1) is 19.5. The van der Waals surface area contributed by atoms with Gasteiger partial charge in [0.2, 0.25) is 0 Å². The molecule has 0 fully saturated rings. The molecule has 8 nitrogen and oxygen atoms in total. The maximum atomic E-state index is 15.8. The van der Waals surface area contributed by atoms with Crippen LogP contribution in [-0.2, 0) is 11.2 Å². The van der Waals surface area contributed by atoms with E-state index >= 15 is 4.39 Å². The highest BCUT2D eigenvalue weighted by Gasteiger charge is 2.37. The average molecular weight is 573 g/mol. The Labute approximate surface area is 240 Å². The van der Waals surface area contributed by atoms with Gasteiger partial charge in [-0.15, -0.1) is 0 Å². The van der Waals surface area contributed by atoms with Crippen molar-refractivity contribution in [1.29, 1.82) is 0 Å². The largest absolute Gasteiger partial charge is 0.443 e. The highest BCUT2D eigenvalue weighted by atomic mass is 35.5. The van der Waals surface area contributed by atoms with Gasteiger partial charge in [0.25, 0.3) is 11.8 Å². The highest BCUT2D eigenvalue weighted by Crippen LogP contribution is 2.41. The van der Waals surface area contributed by atoms with E-state index in [4.69, 9.17) is 16.3 Å². The van der Waals surface area contributed by atoms with Gasteiger partial charge in [-0.2, -0.15) is 0 Å². The van der Waals surface area contributed by atoms with E-state index in [2.05, 4.69) is 9.97 Å². The van der Waals surface area contributed by atoms with Crippen LogP contribution in [0.4, 0.5) is 20.7 Å². The zero-order valence-corrected chi connectivity index (χ0v) is 23.7. The molecule has 3 amide bonds. The fourth-order valence-corrected chi connectivity index (χ4v) is 5.67. The number of benzene rings is 2. The van der Waals surface area contributed by atoms with E-state index in [1.807, 2.05) is 6.92 Å². The second kappa shape index (κ2) is 9.62. The predicted molar refractivity (Wildman–Crippen MR) is 154 cm³/mol. The van der Waals surface area contributed by atoms with Crippen LogP contribution < -0.4 is 9.80 Å². The van der Waals surface area contributed by atoms with E-state index < -0.39 is 29.3 Å². The van der Waals surface area contributed by atoms with E-state index in [0.717, 1.165) is 17.0 Å². The molecular weight excluding hydrogens is 547 g/mol. The lowest BCUT2D eigenvalue weighted by Gasteiger charge is -2.33. The molecule has 4 heterocycles. The summed E-state index contributed by atoms with van der Waals surface area (Å²) in [5, 5.41) is 0.654. The molecule has 4 aromatic rings. The van der Waals surface area contributed by atoms with Crippen LogP contribution in [0.1, 0.15) is 59.2 Å². The van der Waals surface area contributed by atoms with Crippen LogP contribution >= 0.6 is 11.6 Å². The first-order valence-electron chi connectivity index (χ1n) is 13.2. The van der Waals surface area contributed by atoms with Gasteiger partial charge >= 0.3 is 6.09 Å². The van der Waals surface area contributed by atoms with Crippen molar-refractivity contribution in [2.45, 2.75) is 46.1 Å². The standard InChI is InChI=1S/C31H26ClFN4O4/c1-16-21(14-34-23-10-7-11-36(27(16)23)30(40)41-31(2,3)4)20-12-17-13-24(35-15-22(17)25(32)26(20)33)37-28(38)18-8-5-6-9-19(18)29(37)39/h5-6,8-9,12-15H,7,10-11H2,1-4H3. The minimum Gasteiger partial charge on any atom is -0.443 e. The SMILES string of the molecule is Cc1c(-c2cc3cc(N4C(=O)c5ccccc5C4=O)ncc3c(Cl)c2F)cnc2c1N(C(=O)OC(C)(C)C)CCC2. The Kier molecular flexibility index (Phi) is 6.30. The van der Waals surface area contributed by atoms with Crippen molar-refractivity contribution in [3.05, 3.63) is 82.0 Å². The molecule has 0 bridgehead atoms. The molecule has 0 unspecified atom stereocenters. The zero-order chi connectivity index (χ0) is 29.2. The van der Waals surface area contributed by atoms with Crippen molar-refractivity contribution >= 4 is 51.8 Å². The Balaban J connectivity index is 1.46. The Bertz CT molecular complexity index is 1760. The number of anilines is 2. The summed E-state index contributed by atoms with van der Waals surface area (Å²) in [6, 6.07) is 9.70. The summed E-state index contributed by atoms with van der Waals surface area (Å²) in [4.78, 5) is 50.6. The van der Waals surface area contributed by atoms with Crippen LogP contribution in [0.25, 0.3) is 21.9 Å². The van der Waals surface area contributed by atoms with Gasteiger partial charge in [0.05, 0.1) is 27.5 Å². The fraction of sp³-hybridized carbons (Fsp3) is 0.258. The first kappa shape index (κ1) is 26.8. The molecule has 10 heteroatoms. The number of pyridine rings is 2. The van der Waals surface area contributed by atoms with Crippen molar-refractivity contribution in [2.75, 3.05) is 16.3 Å². The summed E-state index contributed by atoms with van der Waals surface area (Å²) in [7, 11) is 0. The lowest BCUT2D eigenvalue weighted by atomic mass is 9.95. The summed E-state index contributed by atoms with van der Waals surface area (Å²) in [6.07, 6.45) is 3.84. The monoisotopic (exact) mass is 572 g/mol. The lowest BCUT2D eigenvalue weighted by Crippen LogP contribution is -2.40. The molecule has 6 rings (SSSR count). The number of nitrogens with zero attached hydrogens (tertiary/aromatic N) is 4. The number of aromatic nitrogens is 2. The van der Waals surface area contributed by atoms with Crippen LogP contribution in [-0.4, -0.2) is 40.0 Å². The summed E-state index contributed by atoms with van der Waals surface area (Å²) < 4.78 is 21.4. The normalized spacial score (nSPS) is 14.9. The second-order valence-corrected chi connectivity index (χ2v) is 11.5. The summed E-state index contributed by atoms with van der Waals surface area (Å²) >= 11 is 6.50. The third-order valence-electron chi connectivity index (χ3n) is 7.26. The number of hydrogen-bond acceptors (Lipinski definition) is 6. The number of hydrogen-bond donors (Lipinski definition) is 0. The predicted octanol–water partition coefficient (Wildman–Crippen LogP) is 6.89. The average Bonchev–Trinajstić information content (AvgIpc) is 3.19. The van der Waals surface area contributed by atoms with E-state index in [1.165, 1.54) is 6.20 Å². The van der Waals surface area contributed by atoms with Crippen molar-refractivity contribution < 1.29 is 23.5 Å². The number of carbonyl (C=O) groups excluding carboxylic acids is 3. The van der Waals surface area contributed by atoms with Gasteiger partial charge in [0.1, 0.15) is 17.2 Å². The van der Waals surface area contributed by atoms with E-state index in [9.17, 15) is 14.4 Å². The molecule has 2 aliphatic rings. The summed E-state index contributed by atoms with van der Waals surface area (Å²) in [6.45, 7) is 7.66. The number of carbonyl (C=O) groups is 3. The molecular formula is C31H26ClFN4O4. The Morgan fingerprint density at radius 3 is 2.34 bits per heavy atom. The van der Waals surface area contributed by atoms with Crippen LogP contribution in [0.2, 0.25) is 5.02 Å². The highest BCUT2D eigenvalue weighted by molar-refractivity contribution is 6.37. The fourth-order valence-electron chi connectivity index (χ4n) is 5.41. The number of halogens is 2. The molecule has 0 atom stereocenters. The van der Waals surface area contributed by atoms with Gasteiger partial charge in [-0.1, -0.05) is 23.7 Å². The number of ether oxygens (including phenoxy) is 1. The third-order valence-corrected chi connectivity index (χ3v) is 7.63. The molecule has 0 saturated carbocycles. The Morgan fingerprint density at radius 1 is 1.00 bits per heavy atom. The Morgan fingerprint density at radius 2 is 1.68 bits per heavy atom. The number of amides is 3. The van der Waals surface area contributed by atoms with E-state index in [0.29, 0.717) is 51.7 Å². The van der Waals surface area contributed by atoms with Gasteiger partial charge in [-0.05, 0) is 75.8 Å². The molecule has 0 spiro atoms. The van der Waals surface area contributed by atoms with Gasteiger partial charge < -0.3 is 4.74 Å². The van der Waals surface area contributed by atoms with Crippen LogP contribution in [0, 0.1) is 12.7 Å². The second-order valence-electron chi connectivity index (χ2n) is 11.1. The topological polar surface area (TPSA) is 92.7 Å². The molecule has 0 radical (unpaired) electrons. The van der Waals surface area contributed by atoms with Crippen molar-refractivity contribution in [3.8, 4) is 11.1 Å². The minimum absolute atomic E-state index is 0.105. The van der Waals surface area contributed by atoms with Gasteiger partial charge in [-0.25, -0.2) is 19.1 Å². The first-order valence-corrected chi connectivity index (χ1v) is 13.6. The number of aryl methyl sites for hydroxylation is 1. The Hall–Kier alpha value is -4.37. The molecule has 0 aliphatic carbocycles. The number of fused-ring (bicyclic) bond motifs is 3. The van der Waals surface area contributed by atoms with Crippen molar-refractivity contribution in [1.82, 2.24) is 9.97 Å². The smallest absolute Gasteiger partial charge is 0.414 e. The maximum Gasteiger partial charge on any atom is 0.414 e. The number of rotatable bonds is 2. The molecule has 2 aromatic heterocycles. The van der Waals surface area contributed by atoms with Crippen LogP contribution in [0.3, 0.4) is 0 Å². The van der Waals surface area contributed by atoms with Gasteiger partial charge in [0, 0.05) is 35.5 Å². The van der Waals surface area contributed by atoms with Crippen molar-refractivity contribution in [2.24, 2.45) is 0 Å². The lowest BCUT2D eigenvalue weighted by molar-refractivity contribution is 0.0577. The molecule has 0 N–H and O–H groups in total. The van der Waals surface area contributed by atoms with E-state index in [1.54, 1.807) is 68.3 Å². The minimum atomic E-state index is -0.684. The molecule has 41 heavy (non-hydrogen) atoms. The zero-order valence-electron chi connectivity index (χ0n) is 22.9. The quantitative estimate of drug-likeness (QED) is 0.243. The van der Waals surface area contributed by atoms with Gasteiger partial charge in [-0.3, -0.25) is 19.5 Å². The van der Waals surface area contributed by atoms with Crippen molar-refractivity contribution in [3.63, 3.8) is 0 Å².